The lowest BCUT2D eigenvalue weighted by molar-refractivity contribution is -0.385. The van der Waals surface area contributed by atoms with Crippen molar-refractivity contribution in [3.63, 3.8) is 0 Å². The molecule has 1 aliphatic rings. The van der Waals surface area contributed by atoms with E-state index in [0.29, 0.717) is 11.4 Å². The van der Waals surface area contributed by atoms with Gasteiger partial charge >= 0.3 is 0 Å². The highest BCUT2D eigenvalue weighted by Crippen LogP contribution is 2.44. The van der Waals surface area contributed by atoms with Gasteiger partial charge in [-0.3, -0.25) is 24.6 Å². The highest BCUT2D eigenvalue weighted by molar-refractivity contribution is 6.51. The van der Waals surface area contributed by atoms with Crippen LogP contribution in [0.5, 0.6) is 5.75 Å². The van der Waals surface area contributed by atoms with Crippen LogP contribution in [0.15, 0.2) is 78.4 Å². The van der Waals surface area contributed by atoms with Crippen LogP contribution in [-0.4, -0.2) is 28.8 Å². The molecule has 8 nitrogen and oxygen atoms in total. The molecule has 0 bridgehead atoms. The van der Waals surface area contributed by atoms with Gasteiger partial charge in [0.1, 0.15) is 17.6 Å². The van der Waals surface area contributed by atoms with Crippen molar-refractivity contribution >= 4 is 28.8 Å². The van der Waals surface area contributed by atoms with E-state index in [1.807, 2.05) is 6.92 Å². The van der Waals surface area contributed by atoms with Crippen molar-refractivity contribution in [3.05, 3.63) is 105 Å². The number of Topliss-reactive ketones (excluding diaryl/α,β-unsaturated/α-hetero) is 1. The maximum Gasteiger partial charge on any atom is 0.300 e. The Morgan fingerprint density at radius 1 is 1.00 bits per heavy atom. The summed E-state index contributed by atoms with van der Waals surface area (Å²) in [6.07, 6.45) is 0. The largest absolute Gasteiger partial charge is 0.507 e. The number of aliphatic hydroxyl groups excluding tert-OH is 1. The number of nitro benzene ring substituents is 1. The molecule has 166 valence electrons. The molecule has 1 N–H and O–H groups in total. The zero-order chi connectivity index (χ0) is 23.7. The van der Waals surface area contributed by atoms with Gasteiger partial charge in [0.15, 0.2) is 0 Å². The molecule has 0 aromatic heterocycles. The van der Waals surface area contributed by atoms with Gasteiger partial charge in [0, 0.05) is 17.3 Å². The zero-order valence-electron chi connectivity index (χ0n) is 17.9. The lowest BCUT2D eigenvalue weighted by Gasteiger charge is -2.25. The van der Waals surface area contributed by atoms with Gasteiger partial charge in [0.25, 0.3) is 17.4 Å². The summed E-state index contributed by atoms with van der Waals surface area (Å²) in [6.45, 7) is 1.88. The first-order valence-electron chi connectivity index (χ1n) is 10.1. The number of nitro groups is 1. The molecule has 1 saturated heterocycles. The van der Waals surface area contributed by atoms with Crippen molar-refractivity contribution in [3.8, 4) is 5.75 Å². The average molecular weight is 444 g/mol. The third-order valence-corrected chi connectivity index (χ3v) is 5.55. The van der Waals surface area contributed by atoms with Crippen LogP contribution in [-0.2, 0) is 9.59 Å². The lowest BCUT2D eigenvalue weighted by atomic mass is 9.94. The van der Waals surface area contributed by atoms with E-state index in [9.17, 15) is 24.8 Å². The van der Waals surface area contributed by atoms with Gasteiger partial charge in [-0.2, -0.15) is 0 Å². The first-order valence-corrected chi connectivity index (χ1v) is 10.1. The van der Waals surface area contributed by atoms with E-state index < -0.39 is 28.4 Å². The number of anilines is 1. The molecule has 4 rings (SSSR count). The SMILES string of the molecule is COc1ccc(/C(O)=C2\C(=O)C(=O)N(c3ccc(C)cc3)[C@@H]2c2ccccc2[N+](=O)[O-])cc1. The van der Waals surface area contributed by atoms with Crippen LogP contribution in [0.4, 0.5) is 11.4 Å². The van der Waals surface area contributed by atoms with Crippen LogP contribution in [0.1, 0.15) is 22.7 Å². The minimum atomic E-state index is -1.18. The Hall–Kier alpha value is -4.46. The standard InChI is InChI=1S/C25H20N2O6/c1-15-7-11-17(12-8-15)26-22(19-5-3-4-6-20(19)27(31)32)21(24(29)25(26)30)23(28)16-9-13-18(33-2)14-10-16/h3-14,22,28H,1-2H3/b23-21+/t22-/m1/s1. The molecule has 0 radical (unpaired) electrons. The van der Waals surface area contributed by atoms with Crippen molar-refractivity contribution in [1.82, 2.24) is 0 Å². The van der Waals surface area contributed by atoms with Crippen molar-refractivity contribution < 1.29 is 24.4 Å². The second-order valence-electron chi connectivity index (χ2n) is 7.55. The first kappa shape index (κ1) is 21.8. The Kier molecular flexibility index (Phi) is 5.66. The summed E-state index contributed by atoms with van der Waals surface area (Å²) >= 11 is 0. The summed E-state index contributed by atoms with van der Waals surface area (Å²) in [5.41, 5.74) is 1.25. The number of hydrogen-bond acceptors (Lipinski definition) is 6. The van der Waals surface area contributed by atoms with Crippen LogP contribution < -0.4 is 9.64 Å². The van der Waals surface area contributed by atoms with Gasteiger partial charge in [-0.25, -0.2) is 0 Å². The minimum absolute atomic E-state index is 0.123. The summed E-state index contributed by atoms with van der Waals surface area (Å²) in [4.78, 5) is 38.7. The predicted molar refractivity (Wildman–Crippen MR) is 122 cm³/mol. The minimum Gasteiger partial charge on any atom is -0.507 e. The summed E-state index contributed by atoms with van der Waals surface area (Å²) < 4.78 is 5.13. The highest BCUT2D eigenvalue weighted by atomic mass is 16.6. The molecule has 1 aliphatic heterocycles. The number of ether oxygens (including phenoxy) is 1. The number of amides is 1. The van der Waals surface area contributed by atoms with Crippen molar-refractivity contribution in [2.45, 2.75) is 13.0 Å². The second kappa shape index (κ2) is 8.58. The Morgan fingerprint density at radius 3 is 2.24 bits per heavy atom. The van der Waals surface area contributed by atoms with E-state index >= 15 is 0 Å². The van der Waals surface area contributed by atoms with Crippen molar-refractivity contribution in [1.29, 1.82) is 0 Å². The topological polar surface area (TPSA) is 110 Å². The normalized spacial score (nSPS) is 17.3. The first-order chi connectivity index (χ1) is 15.8. The van der Waals surface area contributed by atoms with Crippen molar-refractivity contribution in [2.24, 2.45) is 0 Å². The predicted octanol–water partition coefficient (Wildman–Crippen LogP) is 4.54. The van der Waals surface area contributed by atoms with Crippen molar-refractivity contribution in [2.75, 3.05) is 12.0 Å². The molecule has 0 aliphatic carbocycles. The third kappa shape index (κ3) is 3.82. The molecule has 0 saturated carbocycles. The number of aliphatic hydroxyl groups is 1. The molecule has 0 unspecified atom stereocenters. The summed E-state index contributed by atoms with van der Waals surface area (Å²) in [5.74, 6) is -1.68. The summed E-state index contributed by atoms with van der Waals surface area (Å²) in [6, 6.07) is 17.9. The number of rotatable bonds is 5. The second-order valence-corrected chi connectivity index (χ2v) is 7.55. The summed E-state index contributed by atoms with van der Waals surface area (Å²) in [5, 5.41) is 22.9. The number of benzene rings is 3. The van der Waals surface area contributed by atoms with Crippen LogP contribution >= 0.6 is 0 Å². The number of para-hydroxylation sites is 1. The van der Waals surface area contributed by atoms with E-state index in [4.69, 9.17) is 4.74 Å². The van der Waals surface area contributed by atoms with Gasteiger partial charge < -0.3 is 9.84 Å². The van der Waals surface area contributed by atoms with E-state index in [1.165, 1.54) is 30.2 Å². The zero-order valence-corrected chi connectivity index (χ0v) is 17.9. The Bertz CT molecular complexity index is 1280. The van der Waals surface area contributed by atoms with E-state index in [1.54, 1.807) is 54.6 Å². The number of aryl methyl sites for hydroxylation is 1. The smallest absolute Gasteiger partial charge is 0.300 e. The Morgan fingerprint density at radius 2 is 1.64 bits per heavy atom. The molecule has 8 heteroatoms. The maximum absolute atomic E-state index is 13.2. The lowest BCUT2D eigenvalue weighted by Crippen LogP contribution is -2.29. The fourth-order valence-corrected chi connectivity index (χ4v) is 3.89. The molecular formula is C25H20N2O6. The van der Waals surface area contributed by atoms with Gasteiger partial charge in [-0.1, -0.05) is 29.8 Å². The number of methoxy groups -OCH3 is 1. The monoisotopic (exact) mass is 444 g/mol. The highest BCUT2D eigenvalue weighted by Gasteiger charge is 2.48. The van der Waals surface area contributed by atoms with E-state index in [2.05, 4.69) is 0 Å². The third-order valence-electron chi connectivity index (χ3n) is 5.55. The Balaban J connectivity index is 1.98. The number of ketones is 1. The maximum atomic E-state index is 13.2. The van der Waals surface area contributed by atoms with Gasteiger partial charge in [0.2, 0.25) is 0 Å². The molecular weight excluding hydrogens is 424 g/mol. The van der Waals surface area contributed by atoms with E-state index in [-0.39, 0.29) is 22.4 Å². The quantitative estimate of drug-likeness (QED) is 0.203. The molecule has 1 atom stereocenters. The number of nitrogens with zero attached hydrogens (tertiary/aromatic N) is 2. The fourth-order valence-electron chi connectivity index (χ4n) is 3.89. The molecule has 3 aromatic carbocycles. The van der Waals surface area contributed by atoms with E-state index in [0.717, 1.165) is 5.56 Å². The van der Waals surface area contributed by atoms with Gasteiger partial charge in [-0.15, -0.1) is 0 Å². The molecule has 33 heavy (non-hydrogen) atoms. The van der Waals surface area contributed by atoms with Crippen LogP contribution in [0.3, 0.4) is 0 Å². The number of carbonyl (C=O) groups excluding carboxylic acids is 2. The van der Waals surface area contributed by atoms with Crippen LogP contribution in [0.2, 0.25) is 0 Å². The van der Waals surface area contributed by atoms with Crippen LogP contribution in [0.25, 0.3) is 5.76 Å². The molecule has 3 aromatic rings. The van der Waals surface area contributed by atoms with Crippen LogP contribution in [0, 0.1) is 17.0 Å². The molecule has 1 amide bonds. The summed E-state index contributed by atoms with van der Waals surface area (Å²) in [7, 11) is 1.50. The average Bonchev–Trinajstić information content (AvgIpc) is 3.09. The molecule has 1 fully saturated rings. The number of carbonyl (C=O) groups is 2. The fraction of sp³-hybridized carbons (Fsp3) is 0.120. The molecule has 1 heterocycles. The van der Waals surface area contributed by atoms with Gasteiger partial charge in [0.05, 0.1) is 23.2 Å². The van der Waals surface area contributed by atoms with Gasteiger partial charge in [-0.05, 0) is 49.4 Å². The number of hydrogen-bond donors (Lipinski definition) is 1. The Labute approximate surface area is 189 Å². The molecule has 0 spiro atoms.